The van der Waals surface area contributed by atoms with Crippen LogP contribution in [0.15, 0.2) is 35.3 Å². The number of rotatable bonds is 14. The van der Waals surface area contributed by atoms with Crippen LogP contribution >= 0.6 is 0 Å². The van der Waals surface area contributed by atoms with E-state index >= 15 is 0 Å². The van der Waals surface area contributed by atoms with Gasteiger partial charge in [0.15, 0.2) is 5.96 Å². The third-order valence-corrected chi connectivity index (χ3v) is 4.93. The van der Waals surface area contributed by atoms with Crippen molar-refractivity contribution >= 4 is 29.7 Å². The van der Waals surface area contributed by atoms with Gasteiger partial charge >= 0.3 is 5.97 Å². The molecule has 0 aliphatic rings. The number of carbonyl (C=O) groups is 4. The van der Waals surface area contributed by atoms with Gasteiger partial charge in [-0.3, -0.25) is 19.4 Å². The number of carboxylic acids is 1. The van der Waals surface area contributed by atoms with Gasteiger partial charge in [-0.25, -0.2) is 4.79 Å². The van der Waals surface area contributed by atoms with Crippen LogP contribution in [0.2, 0.25) is 0 Å². The van der Waals surface area contributed by atoms with Crippen LogP contribution in [0, 0.1) is 5.92 Å². The van der Waals surface area contributed by atoms with Crippen molar-refractivity contribution in [2.75, 3.05) is 13.1 Å². The quantitative estimate of drug-likeness (QED) is 0.0942. The lowest BCUT2D eigenvalue weighted by atomic mass is 10.00. The second-order valence-corrected chi connectivity index (χ2v) is 8.09. The number of amides is 3. The molecule has 0 aromatic heterocycles. The van der Waals surface area contributed by atoms with E-state index in [1.165, 1.54) is 0 Å². The fourth-order valence-electron chi connectivity index (χ4n) is 3.12. The molecule has 12 nitrogen and oxygen atoms in total. The van der Waals surface area contributed by atoms with E-state index < -0.39 is 41.8 Å². The minimum absolute atomic E-state index is 0.0970. The van der Waals surface area contributed by atoms with Crippen LogP contribution < -0.4 is 33.2 Å². The maximum Gasteiger partial charge on any atom is 0.326 e. The number of benzene rings is 1. The van der Waals surface area contributed by atoms with Crippen LogP contribution in [0.1, 0.15) is 32.3 Å². The highest BCUT2D eigenvalue weighted by molar-refractivity contribution is 5.93. The number of carbonyl (C=O) groups excluding carboxylic acids is 3. The molecule has 10 N–H and O–H groups in total. The molecule has 0 saturated carbocycles. The van der Waals surface area contributed by atoms with Gasteiger partial charge in [0.2, 0.25) is 17.7 Å². The first kappa shape index (κ1) is 28.4. The van der Waals surface area contributed by atoms with E-state index in [2.05, 4.69) is 20.9 Å². The normalized spacial score (nSPS) is 13.3. The number of nitrogens with one attached hydrogen (secondary N) is 3. The molecule has 0 aliphatic heterocycles. The Morgan fingerprint density at radius 2 is 1.62 bits per heavy atom. The van der Waals surface area contributed by atoms with E-state index in [0.29, 0.717) is 6.42 Å². The van der Waals surface area contributed by atoms with Gasteiger partial charge in [0.05, 0.1) is 6.54 Å². The summed E-state index contributed by atoms with van der Waals surface area (Å²) in [7, 11) is 0. The maximum absolute atomic E-state index is 13.0. The zero-order chi connectivity index (χ0) is 25.7. The topological polar surface area (TPSA) is 215 Å². The summed E-state index contributed by atoms with van der Waals surface area (Å²) in [6.45, 7) is 3.34. The van der Waals surface area contributed by atoms with E-state index in [1.807, 2.05) is 6.07 Å². The predicted molar refractivity (Wildman–Crippen MR) is 127 cm³/mol. The number of carboxylic acid groups (broad SMARTS) is 1. The molecule has 0 fully saturated rings. The molecular formula is C22H35N7O5. The maximum atomic E-state index is 13.0. The molecule has 3 unspecified atom stereocenters. The van der Waals surface area contributed by atoms with Gasteiger partial charge in [-0.05, 0) is 24.3 Å². The largest absolute Gasteiger partial charge is 0.480 e. The average molecular weight is 478 g/mol. The number of aliphatic imine (C=N–C) groups is 1. The summed E-state index contributed by atoms with van der Waals surface area (Å²) in [5.41, 5.74) is 16.7. The van der Waals surface area contributed by atoms with E-state index in [1.54, 1.807) is 38.1 Å². The summed E-state index contributed by atoms with van der Waals surface area (Å²) in [6, 6.07) is 5.87. The Kier molecular flexibility index (Phi) is 12.1. The summed E-state index contributed by atoms with van der Waals surface area (Å²) < 4.78 is 0. The number of nitrogens with two attached hydrogens (primary N) is 3. The standard InChI is InChI=1S/C22H35N7O5/c1-13(2)18(20(32)28-15(21(33)34)9-6-10-26-22(24)25)29-19(31)16(27-17(30)12-23)11-14-7-4-3-5-8-14/h3-5,7-8,13,15-16,18H,6,9-12,23H2,1-2H3,(H,27,30)(H,28,32)(H,29,31)(H,33,34)(H4,24,25,26). The highest BCUT2D eigenvalue weighted by Crippen LogP contribution is 2.08. The van der Waals surface area contributed by atoms with Gasteiger partial charge in [0.1, 0.15) is 18.1 Å². The van der Waals surface area contributed by atoms with Crippen LogP contribution in [0.4, 0.5) is 0 Å². The molecule has 0 saturated heterocycles. The Bertz CT molecular complexity index is 856. The number of hydrogen-bond acceptors (Lipinski definition) is 6. The average Bonchev–Trinajstić information content (AvgIpc) is 2.78. The van der Waals surface area contributed by atoms with Crippen molar-refractivity contribution in [2.24, 2.45) is 28.1 Å². The molecule has 1 aromatic rings. The molecule has 0 heterocycles. The molecular weight excluding hydrogens is 442 g/mol. The van der Waals surface area contributed by atoms with E-state index in [4.69, 9.17) is 17.2 Å². The first-order chi connectivity index (χ1) is 16.0. The van der Waals surface area contributed by atoms with Gasteiger partial charge in [0, 0.05) is 13.0 Å². The number of guanidine groups is 1. The lowest BCUT2D eigenvalue weighted by Gasteiger charge is -2.26. The summed E-state index contributed by atoms with van der Waals surface area (Å²) in [6.07, 6.45) is 0.616. The SMILES string of the molecule is CC(C)C(NC(=O)C(Cc1ccccc1)NC(=O)CN)C(=O)NC(CCCN=C(N)N)C(=O)O. The third-order valence-electron chi connectivity index (χ3n) is 4.93. The summed E-state index contributed by atoms with van der Waals surface area (Å²) >= 11 is 0. The molecule has 0 radical (unpaired) electrons. The third kappa shape index (κ3) is 10.3. The smallest absolute Gasteiger partial charge is 0.326 e. The molecule has 1 aromatic carbocycles. The summed E-state index contributed by atoms with van der Waals surface area (Å²) in [4.78, 5) is 53.1. The molecule has 3 atom stereocenters. The fourth-order valence-corrected chi connectivity index (χ4v) is 3.12. The van der Waals surface area contributed by atoms with Crippen molar-refractivity contribution in [2.45, 2.75) is 51.2 Å². The lowest BCUT2D eigenvalue weighted by Crippen LogP contribution is -2.58. The molecule has 1 rings (SSSR count). The minimum Gasteiger partial charge on any atom is -0.480 e. The van der Waals surface area contributed by atoms with Crippen molar-refractivity contribution in [1.29, 1.82) is 0 Å². The lowest BCUT2D eigenvalue weighted by molar-refractivity contribution is -0.142. The molecule has 12 heteroatoms. The Balaban J connectivity index is 2.91. The second kappa shape index (κ2) is 14.5. The van der Waals surface area contributed by atoms with Gasteiger partial charge in [-0.1, -0.05) is 44.2 Å². The molecule has 3 amide bonds. The summed E-state index contributed by atoms with van der Waals surface area (Å²) in [5.74, 6) is -3.44. The Labute approximate surface area is 198 Å². The van der Waals surface area contributed by atoms with Crippen molar-refractivity contribution in [3.8, 4) is 0 Å². The summed E-state index contributed by atoms with van der Waals surface area (Å²) in [5, 5.41) is 17.1. The Hall–Kier alpha value is -3.67. The number of aliphatic carboxylic acids is 1. The monoisotopic (exact) mass is 477 g/mol. The van der Waals surface area contributed by atoms with E-state index in [0.717, 1.165) is 5.56 Å². The zero-order valence-corrected chi connectivity index (χ0v) is 19.5. The molecule has 0 bridgehead atoms. The van der Waals surface area contributed by atoms with Gasteiger partial charge < -0.3 is 38.3 Å². The van der Waals surface area contributed by atoms with Gasteiger partial charge in [-0.15, -0.1) is 0 Å². The van der Waals surface area contributed by atoms with Crippen LogP contribution in [-0.2, 0) is 25.6 Å². The molecule has 188 valence electrons. The number of hydrogen-bond donors (Lipinski definition) is 7. The predicted octanol–water partition coefficient (Wildman–Crippen LogP) is -1.56. The van der Waals surface area contributed by atoms with Crippen LogP contribution in [0.25, 0.3) is 0 Å². The minimum atomic E-state index is -1.22. The van der Waals surface area contributed by atoms with E-state index in [9.17, 15) is 24.3 Å². The zero-order valence-electron chi connectivity index (χ0n) is 19.5. The van der Waals surface area contributed by atoms with Crippen molar-refractivity contribution in [1.82, 2.24) is 16.0 Å². The van der Waals surface area contributed by atoms with Crippen LogP contribution in [0.3, 0.4) is 0 Å². The van der Waals surface area contributed by atoms with Crippen molar-refractivity contribution in [3.05, 3.63) is 35.9 Å². The van der Waals surface area contributed by atoms with Crippen LogP contribution in [0.5, 0.6) is 0 Å². The molecule has 0 aliphatic carbocycles. The van der Waals surface area contributed by atoms with Crippen molar-refractivity contribution in [3.63, 3.8) is 0 Å². The highest BCUT2D eigenvalue weighted by atomic mass is 16.4. The highest BCUT2D eigenvalue weighted by Gasteiger charge is 2.31. The van der Waals surface area contributed by atoms with Gasteiger partial charge in [0.25, 0.3) is 0 Å². The van der Waals surface area contributed by atoms with Crippen LogP contribution in [-0.4, -0.2) is 66.0 Å². The van der Waals surface area contributed by atoms with Gasteiger partial charge in [-0.2, -0.15) is 0 Å². The number of nitrogens with zero attached hydrogens (tertiary/aromatic N) is 1. The molecule has 0 spiro atoms. The Morgan fingerprint density at radius 3 is 2.15 bits per heavy atom. The molecule has 34 heavy (non-hydrogen) atoms. The first-order valence-corrected chi connectivity index (χ1v) is 11.0. The van der Waals surface area contributed by atoms with E-state index in [-0.39, 0.29) is 37.8 Å². The van der Waals surface area contributed by atoms with Crippen molar-refractivity contribution < 1.29 is 24.3 Å². The fraction of sp³-hybridized carbons (Fsp3) is 0.500. The first-order valence-electron chi connectivity index (χ1n) is 11.0. The Morgan fingerprint density at radius 1 is 0.971 bits per heavy atom. The second-order valence-electron chi connectivity index (χ2n) is 8.09.